The van der Waals surface area contributed by atoms with E-state index in [9.17, 15) is 0 Å². The lowest BCUT2D eigenvalue weighted by atomic mass is 10.1. The van der Waals surface area contributed by atoms with Gasteiger partial charge in [0.15, 0.2) is 0 Å². The lowest BCUT2D eigenvalue weighted by Gasteiger charge is -2.11. The van der Waals surface area contributed by atoms with Crippen LogP contribution in [0.4, 0.5) is 0 Å². The molecule has 0 fully saturated rings. The number of alkyl halides is 1. The monoisotopic (exact) mass is 257 g/mol. The van der Waals surface area contributed by atoms with Crippen LogP contribution in [0.5, 0.6) is 0 Å². The third-order valence-corrected chi connectivity index (χ3v) is 3.27. The van der Waals surface area contributed by atoms with E-state index >= 15 is 0 Å². The van der Waals surface area contributed by atoms with Crippen LogP contribution in [0.2, 0.25) is 15.1 Å². The highest BCUT2D eigenvalue weighted by Crippen LogP contribution is 2.34. The van der Waals surface area contributed by atoms with Crippen molar-refractivity contribution < 1.29 is 0 Å². The van der Waals surface area contributed by atoms with E-state index in [4.69, 9.17) is 52.1 Å². The minimum atomic E-state index is -0.316. The van der Waals surface area contributed by atoms with E-state index in [-0.39, 0.29) is 11.9 Å². The molecule has 0 saturated heterocycles. The molecule has 0 aromatic heterocycles. The van der Waals surface area contributed by atoms with Gasteiger partial charge in [-0.15, -0.1) is 11.6 Å². The average molecular weight is 259 g/mol. The molecular weight excluding hydrogens is 252 g/mol. The lowest BCUT2D eigenvalue weighted by molar-refractivity contribution is 0.827. The van der Waals surface area contributed by atoms with Crippen molar-refractivity contribution >= 4 is 46.4 Å². The van der Waals surface area contributed by atoms with Gasteiger partial charge in [-0.25, -0.2) is 0 Å². The van der Waals surface area contributed by atoms with Crippen molar-refractivity contribution in [2.45, 2.75) is 6.04 Å². The molecule has 2 N–H and O–H groups in total. The van der Waals surface area contributed by atoms with E-state index in [1.165, 1.54) is 0 Å². The largest absolute Gasteiger partial charge is 0.323 e. The Kier molecular flexibility index (Phi) is 4.14. The van der Waals surface area contributed by atoms with Crippen LogP contribution >= 0.6 is 46.4 Å². The fourth-order valence-electron chi connectivity index (χ4n) is 0.910. The number of benzene rings is 1. The lowest BCUT2D eigenvalue weighted by Crippen LogP contribution is -2.12. The highest BCUT2D eigenvalue weighted by molar-refractivity contribution is 6.48. The molecule has 0 spiro atoms. The third kappa shape index (κ3) is 2.42. The molecule has 0 radical (unpaired) electrons. The maximum atomic E-state index is 5.92. The number of hydrogen-bond acceptors (Lipinski definition) is 1. The molecule has 0 unspecified atom stereocenters. The van der Waals surface area contributed by atoms with E-state index in [0.717, 1.165) is 0 Å². The molecule has 0 bridgehead atoms. The van der Waals surface area contributed by atoms with E-state index in [2.05, 4.69) is 0 Å². The van der Waals surface area contributed by atoms with Gasteiger partial charge >= 0.3 is 0 Å². The fraction of sp³-hybridized carbons (Fsp3) is 0.250. The molecule has 72 valence electrons. The summed E-state index contributed by atoms with van der Waals surface area (Å²) < 4.78 is 0. The SMILES string of the molecule is N[C@H](CCl)c1ccc(Cl)c(Cl)c1Cl. The van der Waals surface area contributed by atoms with Crippen molar-refractivity contribution in [2.24, 2.45) is 5.73 Å². The highest BCUT2D eigenvalue weighted by Gasteiger charge is 2.13. The Balaban J connectivity index is 3.18. The van der Waals surface area contributed by atoms with Crippen LogP contribution in [-0.4, -0.2) is 5.88 Å². The Labute approximate surface area is 96.7 Å². The summed E-state index contributed by atoms with van der Waals surface area (Å²) in [5, 5.41) is 1.11. The summed E-state index contributed by atoms with van der Waals surface area (Å²) in [6.07, 6.45) is 0. The number of hydrogen-bond donors (Lipinski definition) is 1. The minimum absolute atomic E-state index is 0.289. The van der Waals surface area contributed by atoms with Crippen LogP contribution in [0.25, 0.3) is 0 Å². The first-order chi connectivity index (χ1) is 6.07. The summed E-state index contributed by atoms with van der Waals surface area (Å²) in [5.41, 5.74) is 6.41. The molecule has 0 aliphatic carbocycles. The third-order valence-electron chi connectivity index (χ3n) is 1.63. The summed E-state index contributed by atoms with van der Waals surface area (Å²) in [6.45, 7) is 0. The minimum Gasteiger partial charge on any atom is -0.323 e. The van der Waals surface area contributed by atoms with Gasteiger partial charge in [0.05, 0.1) is 15.1 Å². The second kappa shape index (κ2) is 4.72. The van der Waals surface area contributed by atoms with Gasteiger partial charge in [-0.2, -0.15) is 0 Å². The van der Waals surface area contributed by atoms with Crippen molar-refractivity contribution in [3.05, 3.63) is 32.8 Å². The highest BCUT2D eigenvalue weighted by atomic mass is 35.5. The van der Waals surface area contributed by atoms with Gasteiger partial charge in [-0.3, -0.25) is 0 Å². The molecule has 1 rings (SSSR count). The molecule has 0 aliphatic heterocycles. The van der Waals surface area contributed by atoms with Crippen molar-refractivity contribution in [2.75, 3.05) is 5.88 Å². The van der Waals surface area contributed by atoms with Crippen LogP contribution in [0.3, 0.4) is 0 Å². The van der Waals surface area contributed by atoms with E-state index < -0.39 is 0 Å². The first-order valence-electron chi connectivity index (χ1n) is 3.53. The predicted octanol–water partition coefficient (Wildman–Crippen LogP) is 3.89. The van der Waals surface area contributed by atoms with Gasteiger partial charge < -0.3 is 5.73 Å². The Morgan fingerprint density at radius 2 is 1.77 bits per heavy atom. The normalized spacial score (nSPS) is 13.0. The van der Waals surface area contributed by atoms with Crippen molar-refractivity contribution in [3.8, 4) is 0 Å². The van der Waals surface area contributed by atoms with Crippen molar-refractivity contribution in [3.63, 3.8) is 0 Å². The summed E-state index contributed by atoms with van der Waals surface area (Å²) in [4.78, 5) is 0. The zero-order chi connectivity index (χ0) is 10.0. The van der Waals surface area contributed by atoms with Gasteiger partial charge in [0.25, 0.3) is 0 Å². The second-order valence-corrected chi connectivity index (χ2v) is 4.00. The molecule has 0 saturated carbocycles. The van der Waals surface area contributed by atoms with E-state index in [1.807, 2.05) is 0 Å². The summed E-state index contributed by atoms with van der Waals surface area (Å²) in [5.74, 6) is 0.289. The summed E-state index contributed by atoms with van der Waals surface area (Å²) in [7, 11) is 0. The Hall–Kier alpha value is 0.340. The maximum Gasteiger partial charge on any atom is 0.0781 e. The molecule has 0 aliphatic rings. The first kappa shape index (κ1) is 11.4. The molecule has 1 aromatic carbocycles. The van der Waals surface area contributed by atoms with E-state index in [1.54, 1.807) is 12.1 Å². The van der Waals surface area contributed by atoms with Crippen LogP contribution < -0.4 is 5.73 Å². The zero-order valence-electron chi connectivity index (χ0n) is 6.53. The van der Waals surface area contributed by atoms with Gasteiger partial charge in [0.1, 0.15) is 0 Å². The standard InChI is InChI=1S/C8H7Cl4N/c9-3-6(13)4-1-2-5(10)8(12)7(4)11/h1-2,6H,3,13H2/t6-/m1/s1. The number of nitrogens with two attached hydrogens (primary N) is 1. The number of rotatable bonds is 2. The van der Waals surface area contributed by atoms with Crippen molar-refractivity contribution in [1.82, 2.24) is 0 Å². The fourth-order valence-corrected chi connectivity index (χ4v) is 1.76. The van der Waals surface area contributed by atoms with Gasteiger partial charge in [-0.1, -0.05) is 40.9 Å². The smallest absolute Gasteiger partial charge is 0.0781 e. The molecule has 0 heterocycles. The molecular formula is C8H7Cl4N. The molecule has 5 heteroatoms. The zero-order valence-corrected chi connectivity index (χ0v) is 9.55. The van der Waals surface area contributed by atoms with Crippen LogP contribution in [0, 0.1) is 0 Å². The number of halogens is 4. The summed E-state index contributed by atoms with van der Waals surface area (Å²) in [6, 6.07) is 3.06. The molecule has 13 heavy (non-hydrogen) atoms. The molecule has 1 atom stereocenters. The Morgan fingerprint density at radius 1 is 1.15 bits per heavy atom. The van der Waals surface area contributed by atoms with Crippen LogP contribution in [0.15, 0.2) is 12.1 Å². The molecule has 1 nitrogen and oxygen atoms in total. The molecule has 1 aromatic rings. The van der Waals surface area contributed by atoms with Gasteiger partial charge in [-0.05, 0) is 11.6 Å². The summed E-state index contributed by atoms with van der Waals surface area (Å²) >= 11 is 23.1. The Bertz CT molecular complexity index is 313. The average Bonchev–Trinajstić information content (AvgIpc) is 2.13. The topological polar surface area (TPSA) is 26.0 Å². The van der Waals surface area contributed by atoms with Crippen LogP contribution in [-0.2, 0) is 0 Å². The first-order valence-corrected chi connectivity index (χ1v) is 5.19. The molecule has 0 amide bonds. The van der Waals surface area contributed by atoms with Crippen molar-refractivity contribution in [1.29, 1.82) is 0 Å². The second-order valence-electron chi connectivity index (χ2n) is 2.53. The predicted molar refractivity (Wildman–Crippen MR) is 59.1 cm³/mol. The van der Waals surface area contributed by atoms with Gasteiger partial charge in [0.2, 0.25) is 0 Å². The van der Waals surface area contributed by atoms with Crippen LogP contribution in [0.1, 0.15) is 11.6 Å². The van der Waals surface area contributed by atoms with Gasteiger partial charge in [0, 0.05) is 11.9 Å². The Morgan fingerprint density at radius 3 is 2.31 bits per heavy atom. The maximum absolute atomic E-state index is 5.92. The van der Waals surface area contributed by atoms with E-state index in [0.29, 0.717) is 20.6 Å². The quantitative estimate of drug-likeness (QED) is 0.632.